The number of rotatable bonds is 4. The van der Waals surface area contributed by atoms with Crippen LogP contribution in [0, 0.1) is 0 Å². The van der Waals surface area contributed by atoms with E-state index in [4.69, 9.17) is 5.73 Å². The van der Waals surface area contributed by atoms with Gasteiger partial charge in [-0.1, -0.05) is 34.1 Å². The molecule has 5 heteroatoms. The van der Waals surface area contributed by atoms with E-state index >= 15 is 0 Å². The number of carbonyl (C=O) groups is 1. The number of primary amides is 1. The summed E-state index contributed by atoms with van der Waals surface area (Å²) < 4.78 is 3.99. The van der Waals surface area contributed by atoms with Crippen molar-refractivity contribution in [1.82, 2.24) is 0 Å². The smallest absolute Gasteiger partial charge is 0.248 e. The molecule has 0 aliphatic heterocycles. The Labute approximate surface area is 118 Å². The highest BCUT2D eigenvalue weighted by atomic mass is 79.9. The molecule has 18 heavy (non-hydrogen) atoms. The standard InChI is InChI=1S/C13H11BrN2OS/c14-10-6-9(13(15)17)7-11(8-10)16-18-12-4-2-1-3-5-12/h1-8,16H,(H2,15,17). The number of nitrogens with two attached hydrogens (primary N) is 1. The van der Waals surface area contributed by atoms with Crippen molar-refractivity contribution in [2.75, 3.05) is 4.72 Å². The molecule has 0 aliphatic carbocycles. The molecule has 3 nitrogen and oxygen atoms in total. The van der Waals surface area contributed by atoms with Crippen LogP contribution in [-0.2, 0) is 0 Å². The molecule has 2 aromatic rings. The minimum atomic E-state index is -0.441. The number of carbonyl (C=O) groups excluding carboxylic acids is 1. The van der Waals surface area contributed by atoms with E-state index in [1.807, 2.05) is 36.4 Å². The van der Waals surface area contributed by atoms with Crippen LogP contribution in [0.15, 0.2) is 57.9 Å². The second kappa shape index (κ2) is 5.93. The van der Waals surface area contributed by atoms with Crippen LogP contribution in [0.2, 0.25) is 0 Å². The quantitative estimate of drug-likeness (QED) is 0.844. The summed E-state index contributed by atoms with van der Waals surface area (Å²) in [6.45, 7) is 0. The first-order valence-electron chi connectivity index (χ1n) is 5.23. The van der Waals surface area contributed by atoms with E-state index in [0.717, 1.165) is 15.1 Å². The Morgan fingerprint density at radius 3 is 2.56 bits per heavy atom. The molecule has 2 aromatic carbocycles. The third kappa shape index (κ3) is 3.51. The van der Waals surface area contributed by atoms with Gasteiger partial charge in [0.05, 0.1) is 0 Å². The summed E-state index contributed by atoms with van der Waals surface area (Å²) in [5, 5.41) is 0. The predicted octanol–water partition coefficient (Wildman–Crippen LogP) is 3.67. The van der Waals surface area contributed by atoms with Crippen LogP contribution in [-0.4, -0.2) is 5.91 Å². The van der Waals surface area contributed by atoms with Crippen molar-refractivity contribution in [1.29, 1.82) is 0 Å². The summed E-state index contributed by atoms with van der Waals surface area (Å²) in [5.74, 6) is -0.441. The molecule has 0 aliphatic rings. The number of benzene rings is 2. The Balaban J connectivity index is 2.12. The lowest BCUT2D eigenvalue weighted by atomic mass is 10.2. The zero-order valence-corrected chi connectivity index (χ0v) is 11.8. The van der Waals surface area contributed by atoms with Crippen molar-refractivity contribution < 1.29 is 4.79 Å². The van der Waals surface area contributed by atoms with E-state index in [2.05, 4.69) is 20.7 Å². The van der Waals surface area contributed by atoms with Crippen LogP contribution in [0.25, 0.3) is 0 Å². The number of halogens is 1. The van der Waals surface area contributed by atoms with Crippen LogP contribution in [0.3, 0.4) is 0 Å². The predicted molar refractivity (Wildman–Crippen MR) is 78.6 cm³/mol. The van der Waals surface area contributed by atoms with E-state index in [1.54, 1.807) is 12.1 Å². The lowest BCUT2D eigenvalue weighted by Crippen LogP contribution is -2.11. The zero-order chi connectivity index (χ0) is 13.0. The highest BCUT2D eigenvalue weighted by Crippen LogP contribution is 2.24. The fourth-order valence-electron chi connectivity index (χ4n) is 1.40. The molecular weight excluding hydrogens is 312 g/mol. The molecule has 3 N–H and O–H groups in total. The number of hydrogen-bond donors (Lipinski definition) is 2. The molecule has 0 spiro atoms. The van der Waals surface area contributed by atoms with E-state index < -0.39 is 5.91 Å². The average Bonchev–Trinajstić information content (AvgIpc) is 2.37. The Kier molecular flexibility index (Phi) is 4.28. The summed E-state index contributed by atoms with van der Waals surface area (Å²) in [6, 6.07) is 15.2. The molecule has 0 aromatic heterocycles. The van der Waals surface area contributed by atoms with Gasteiger partial charge in [-0.25, -0.2) is 0 Å². The number of anilines is 1. The minimum absolute atomic E-state index is 0.441. The van der Waals surface area contributed by atoms with Gasteiger partial charge < -0.3 is 10.5 Å². The average molecular weight is 323 g/mol. The van der Waals surface area contributed by atoms with Gasteiger partial charge in [0.25, 0.3) is 0 Å². The van der Waals surface area contributed by atoms with E-state index in [1.165, 1.54) is 11.9 Å². The molecule has 0 heterocycles. The van der Waals surface area contributed by atoms with Crippen LogP contribution >= 0.6 is 27.9 Å². The van der Waals surface area contributed by atoms with Crippen LogP contribution < -0.4 is 10.5 Å². The molecule has 2 rings (SSSR count). The first-order chi connectivity index (χ1) is 8.65. The van der Waals surface area contributed by atoms with Gasteiger partial charge in [-0.15, -0.1) is 0 Å². The molecule has 0 atom stereocenters. The van der Waals surface area contributed by atoms with Crippen molar-refractivity contribution in [2.45, 2.75) is 4.90 Å². The molecule has 0 fully saturated rings. The normalized spacial score (nSPS) is 10.1. The van der Waals surface area contributed by atoms with Crippen molar-refractivity contribution in [3.8, 4) is 0 Å². The lowest BCUT2D eigenvalue weighted by molar-refractivity contribution is 0.100. The van der Waals surface area contributed by atoms with Gasteiger partial charge in [0.15, 0.2) is 0 Å². The second-order valence-electron chi connectivity index (χ2n) is 3.61. The van der Waals surface area contributed by atoms with Gasteiger partial charge in [-0.3, -0.25) is 4.79 Å². The summed E-state index contributed by atoms with van der Waals surface area (Å²) in [5.41, 5.74) is 6.56. The molecule has 0 saturated heterocycles. The first-order valence-corrected chi connectivity index (χ1v) is 6.84. The van der Waals surface area contributed by atoms with Crippen LogP contribution in [0.4, 0.5) is 5.69 Å². The molecule has 0 unspecified atom stereocenters. The van der Waals surface area contributed by atoms with Gasteiger partial charge in [0.2, 0.25) is 5.91 Å². The summed E-state index contributed by atoms with van der Waals surface area (Å²) in [7, 11) is 0. The fraction of sp³-hybridized carbons (Fsp3) is 0. The zero-order valence-electron chi connectivity index (χ0n) is 9.39. The molecule has 92 valence electrons. The Bertz CT molecular complexity index is 560. The Morgan fingerprint density at radius 1 is 1.17 bits per heavy atom. The number of amides is 1. The fourth-order valence-corrected chi connectivity index (χ4v) is 2.54. The monoisotopic (exact) mass is 322 g/mol. The SMILES string of the molecule is NC(=O)c1cc(Br)cc(NSc2ccccc2)c1. The number of hydrogen-bond acceptors (Lipinski definition) is 3. The van der Waals surface area contributed by atoms with Crippen LogP contribution in [0.5, 0.6) is 0 Å². The largest absolute Gasteiger partial charge is 0.366 e. The van der Waals surface area contributed by atoms with Crippen molar-refractivity contribution in [3.05, 3.63) is 58.6 Å². The molecular formula is C13H11BrN2OS. The molecule has 1 amide bonds. The maximum absolute atomic E-state index is 11.1. The van der Waals surface area contributed by atoms with Crippen molar-refractivity contribution in [2.24, 2.45) is 5.73 Å². The van der Waals surface area contributed by atoms with Gasteiger partial charge in [-0.2, -0.15) is 0 Å². The third-order valence-corrected chi connectivity index (χ3v) is 3.52. The summed E-state index contributed by atoms with van der Waals surface area (Å²) in [6.07, 6.45) is 0. The van der Waals surface area contributed by atoms with Crippen molar-refractivity contribution in [3.63, 3.8) is 0 Å². The highest BCUT2D eigenvalue weighted by Gasteiger charge is 2.04. The second-order valence-corrected chi connectivity index (χ2v) is 5.41. The molecule has 0 bridgehead atoms. The van der Waals surface area contributed by atoms with Crippen molar-refractivity contribution >= 4 is 39.5 Å². The Hall–Kier alpha value is -1.46. The Morgan fingerprint density at radius 2 is 1.89 bits per heavy atom. The van der Waals surface area contributed by atoms with Gasteiger partial charge >= 0.3 is 0 Å². The van der Waals surface area contributed by atoms with E-state index in [0.29, 0.717) is 5.56 Å². The highest BCUT2D eigenvalue weighted by molar-refractivity contribution is 9.10. The summed E-state index contributed by atoms with van der Waals surface area (Å²) >= 11 is 4.83. The van der Waals surface area contributed by atoms with Gasteiger partial charge in [0.1, 0.15) is 0 Å². The first kappa shape index (κ1) is 13.0. The molecule has 0 radical (unpaired) electrons. The lowest BCUT2D eigenvalue weighted by Gasteiger charge is -2.07. The topological polar surface area (TPSA) is 55.1 Å². The van der Waals surface area contributed by atoms with Gasteiger partial charge in [0, 0.05) is 20.6 Å². The molecule has 0 saturated carbocycles. The maximum atomic E-state index is 11.1. The summed E-state index contributed by atoms with van der Waals surface area (Å²) in [4.78, 5) is 12.2. The maximum Gasteiger partial charge on any atom is 0.248 e. The van der Waals surface area contributed by atoms with E-state index in [-0.39, 0.29) is 0 Å². The van der Waals surface area contributed by atoms with E-state index in [9.17, 15) is 4.79 Å². The van der Waals surface area contributed by atoms with Gasteiger partial charge in [-0.05, 0) is 42.3 Å². The number of nitrogens with one attached hydrogen (secondary N) is 1. The van der Waals surface area contributed by atoms with Crippen LogP contribution in [0.1, 0.15) is 10.4 Å². The minimum Gasteiger partial charge on any atom is -0.366 e. The third-order valence-electron chi connectivity index (χ3n) is 2.21.